The highest BCUT2D eigenvalue weighted by atomic mass is 16.3. The maximum absolute atomic E-state index is 9.42. The molecule has 2 aliphatic rings. The Hall–Kier alpha value is -0.300. The van der Waals surface area contributed by atoms with Gasteiger partial charge in [-0.3, -0.25) is 0 Å². The summed E-state index contributed by atoms with van der Waals surface area (Å²) in [5.41, 5.74) is 1.81. The van der Waals surface area contributed by atoms with Crippen molar-refractivity contribution < 1.29 is 5.11 Å². The summed E-state index contributed by atoms with van der Waals surface area (Å²) >= 11 is 0. The number of hydrogen-bond donors (Lipinski definition) is 1. The minimum atomic E-state index is -0.0447. The average Bonchev–Trinajstić information content (AvgIpc) is 2.09. The SMILES string of the molecule is CC1=C[C@@H]2[C@@H](C[C@@H]2O)C1(C)C. The fraction of sp³-hybridized carbons (Fsp3) is 0.800. The Bertz CT molecular complexity index is 215. The van der Waals surface area contributed by atoms with Crippen molar-refractivity contribution in [3.8, 4) is 0 Å². The molecule has 0 bridgehead atoms. The first-order valence-electron chi connectivity index (χ1n) is 4.40. The lowest BCUT2D eigenvalue weighted by Crippen LogP contribution is -2.43. The van der Waals surface area contributed by atoms with Gasteiger partial charge in [0.25, 0.3) is 0 Å². The maximum Gasteiger partial charge on any atom is 0.0609 e. The summed E-state index contributed by atoms with van der Waals surface area (Å²) in [5, 5.41) is 9.42. The fourth-order valence-electron chi connectivity index (χ4n) is 2.45. The van der Waals surface area contributed by atoms with E-state index >= 15 is 0 Å². The molecule has 0 aliphatic heterocycles. The Balaban J connectivity index is 2.26. The topological polar surface area (TPSA) is 20.2 Å². The molecule has 0 heterocycles. The maximum atomic E-state index is 9.42. The number of allylic oxidation sites excluding steroid dienone is 1. The van der Waals surface area contributed by atoms with Crippen molar-refractivity contribution >= 4 is 0 Å². The first-order valence-corrected chi connectivity index (χ1v) is 4.40. The lowest BCUT2D eigenvalue weighted by Gasteiger charge is -2.44. The Morgan fingerprint density at radius 3 is 2.55 bits per heavy atom. The molecule has 1 saturated carbocycles. The predicted octanol–water partition coefficient (Wildman–Crippen LogP) is 1.97. The highest BCUT2D eigenvalue weighted by Gasteiger charge is 2.51. The number of fused-ring (bicyclic) bond motifs is 1. The molecule has 0 aromatic carbocycles. The second-order valence-corrected chi connectivity index (χ2v) is 4.56. The number of aliphatic hydroxyl groups is 1. The van der Waals surface area contributed by atoms with Crippen molar-refractivity contribution in [2.45, 2.75) is 33.3 Å². The second-order valence-electron chi connectivity index (χ2n) is 4.56. The molecule has 62 valence electrons. The molecular formula is C10H16O. The number of hydrogen-bond acceptors (Lipinski definition) is 1. The number of rotatable bonds is 0. The van der Waals surface area contributed by atoms with Crippen LogP contribution in [0.1, 0.15) is 27.2 Å². The Morgan fingerprint density at radius 1 is 1.55 bits per heavy atom. The highest BCUT2D eigenvalue weighted by Crippen LogP contribution is 2.56. The summed E-state index contributed by atoms with van der Waals surface area (Å²) in [6.07, 6.45) is 3.22. The van der Waals surface area contributed by atoms with Gasteiger partial charge in [-0.05, 0) is 24.7 Å². The zero-order valence-corrected chi connectivity index (χ0v) is 7.46. The van der Waals surface area contributed by atoms with E-state index in [-0.39, 0.29) is 6.10 Å². The molecule has 2 rings (SSSR count). The van der Waals surface area contributed by atoms with Gasteiger partial charge in [-0.15, -0.1) is 0 Å². The average molecular weight is 152 g/mol. The van der Waals surface area contributed by atoms with Gasteiger partial charge in [0.2, 0.25) is 0 Å². The third-order valence-electron chi connectivity index (χ3n) is 3.79. The highest BCUT2D eigenvalue weighted by molar-refractivity contribution is 5.26. The summed E-state index contributed by atoms with van der Waals surface area (Å²) in [7, 11) is 0. The van der Waals surface area contributed by atoms with Gasteiger partial charge in [-0.1, -0.05) is 25.5 Å². The molecule has 11 heavy (non-hydrogen) atoms. The fourth-order valence-corrected chi connectivity index (χ4v) is 2.45. The summed E-state index contributed by atoms with van der Waals surface area (Å²) in [4.78, 5) is 0. The van der Waals surface area contributed by atoms with Crippen LogP contribution in [-0.4, -0.2) is 11.2 Å². The Kier molecular flexibility index (Phi) is 1.26. The smallest absolute Gasteiger partial charge is 0.0609 e. The standard InChI is InChI=1S/C10H16O/c1-6-4-7-8(5-9(7)11)10(6,2)3/h4,7-9,11H,5H2,1-3H3/t7-,8-,9+/m1/s1. The van der Waals surface area contributed by atoms with E-state index in [1.165, 1.54) is 5.57 Å². The van der Waals surface area contributed by atoms with Crippen molar-refractivity contribution in [3.63, 3.8) is 0 Å². The van der Waals surface area contributed by atoms with Gasteiger partial charge in [-0.25, -0.2) is 0 Å². The molecule has 0 amide bonds. The van der Waals surface area contributed by atoms with Crippen LogP contribution in [0.4, 0.5) is 0 Å². The van der Waals surface area contributed by atoms with Crippen LogP contribution in [-0.2, 0) is 0 Å². The molecule has 1 fully saturated rings. The van der Waals surface area contributed by atoms with Gasteiger partial charge in [0.05, 0.1) is 6.10 Å². The van der Waals surface area contributed by atoms with E-state index in [2.05, 4.69) is 26.8 Å². The summed E-state index contributed by atoms with van der Waals surface area (Å²) in [5.74, 6) is 1.20. The quantitative estimate of drug-likeness (QED) is 0.526. The van der Waals surface area contributed by atoms with Crippen molar-refractivity contribution in [1.29, 1.82) is 0 Å². The molecule has 3 atom stereocenters. The molecule has 0 radical (unpaired) electrons. The van der Waals surface area contributed by atoms with Gasteiger partial charge >= 0.3 is 0 Å². The minimum absolute atomic E-state index is 0.0447. The summed E-state index contributed by atoms with van der Waals surface area (Å²) in [6, 6.07) is 0. The van der Waals surface area contributed by atoms with Gasteiger partial charge in [-0.2, -0.15) is 0 Å². The van der Waals surface area contributed by atoms with Crippen LogP contribution < -0.4 is 0 Å². The lowest BCUT2D eigenvalue weighted by atomic mass is 9.63. The molecule has 0 saturated heterocycles. The van der Waals surface area contributed by atoms with Gasteiger partial charge in [0, 0.05) is 5.92 Å². The molecule has 1 heteroatoms. The molecule has 0 unspecified atom stereocenters. The normalized spacial score (nSPS) is 46.2. The van der Waals surface area contributed by atoms with E-state index in [1.54, 1.807) is 0 Å². The molecule has 0 aromatic rings. The summed E-state index contributed by atoms with van der Waals surface area (Å²) in [6.45, 7) is 6.76. The molecule has 1 nitrogen and oxygen atoms in total. The zero-order chi connectivity index (χ0) is 8.22. The van der Waals surface area contributed by atoms with E-state index in [4.69, 9.17) is 0 Å². The van der Waals surface area contributed by atoms with Crippen LogP contribution in [0, 0.1) is 17.3 Å². The van der Waals surface area contributed by atoms with E-state index in [9.17, 15) is 5.11 Å². The third kappa shape index (κ3) is 0.750. The van der Waals surface area contributed by atoms with E-state index in [0.29, 0.717) is 11.3 Å². The molecular weight excluding hydrogens is 136 g/mol. The van der Waals surface area contributed by atoms with Crippen LogP contribution in [0.3, 0.4) is 0 Å². The molecule has 2 aliphatic carbocycles. The van der Waals surface area contributed by atoms with Crippen LogP contribution in [0.25, 0.3) is 0 Å². The summed E-state index contributed by atoms with van der Waals surface area (Å²) < 4.78 is 0. The Morgan fingerprint density at radius 2 is 2.18 bits per heavy atom. The van der Waals surface area contributed by atoms with Gasteiger partial charge < -0.3 is 5.11 Å². The van der Waals surface area contributed by atoms with Crippen molar-refractivity contribution in [1.82, 2.24) is 0 Å². The van der Waals surface area contributed by atoms with E-state index in [1.807, 2.05) is 0 Å². The second kappa shape index (κ2) is 1.89. The van der Waals surface area contributed by atoms with Crippen LogP contribution in [0.15, 0.2) is 11.6 Å². The molecule has 0 spiro atoms. The van der Waals surface area contributed by atoms with Crippen LogP contribution in [0.2, 0.25) is 0 Å². The lowest BCUT2D eigenvalue weighted by molar-refractivity contribution is -0.0358. The van der Waals surface area contributed by atoms with E-state index < -0.39 is 0 Å². The predicted molar refractivity (Wildman–Crippen MR) is 45.1 cm³/mol. The van der Waals surface area contributed by atoms with Crippen LogP contribution in [0.5, 0.6) is 0 Å². The van der Waals surface area contributed by atoms with Crippen molar-refractivity contribution in [3.05, 3.63) is 11.6 Å². The monoisotopic (exact) mass is 152 g/mol. The first kappa shape index (κ1) is 7.35. The van der Waals surface area contributed by atoms with Crippen molar-refractivity contribution in [2.24, 2.45) is 17.3 Å². The van der Waals surface area contributed by atoms with Crippen LogP contribution >= 0.6 is 0 Å². The van der Waals surface area contributed by atoms with Gasteiger partial charge in [0.1, 0.15) is 0 Å². The molecule has 0 aromatic heterocycles. The van der Waals surface area contributed by atoms with Gasteiger partial charge in [0.15, 0.2) is 0 Å². The molecule has 1 N–H and O–H groups in total. The zero-order valence-electron chi connectivity index (χ0n) is 7.46. The number of aliphatic hydroxyl groups excluding tert-OH is 1. The minimum Gasteiger partial charge on any atom is -0.392 e. The largest absolute Gasteiger partial charge is 0.392 e. The van der Waals surface area contributed by atoms with E-state index in [0.717, 1.165) is 12.3 Å². The Labute approximate surface area is 68.1 Å². The van der Waals surface area contributed by atoms with Crippen molar-refractivity contribution in [2.75, 3.05) is 0 Å². The first-order chi connectivity index (χ1) is 5.03. The third-order valence-corrected chi connectivity index (χ3v) is 3.79.